The lowest BCUT2D eigenvalue weighted by molar-refractivity contribution is -0.116. The molecule has 15 heavy (non-hydrogen) atoms. The maximum absolute atomic E-state index is 11.4. The molecule has 0 heterocycles. The summed E-state index contributed by atoms with van der Waals surface area (Å²) in [5.74, 6) is 0.518. The molecule has 1 rings (SSSR count). The number of alkyl halides is 1. The van der Waals surface area contributed by atoms with E-state index in [-0.39, 0.29) is 5.91 Å². The summed E-state index contributed by atoms with van der Waals surface area (Å²) < 4.78 is 0.934. The van der Waals surface area contributed by atoms with Crippen molar-refractivity contribution in [1.82, 2.24) is 0 Å². The van der Waals surface area contributed by atoms with Gasteiger partial charge in [-0.25, -0.2) is 0 Å². The predicted octanol–water partition coefficient (Wildman–Crippen LogP) is 3.72. The fourth-order valence-electron chi connectivity index (χ4n) is 1.18. The van der Waals surface area contributed by atoms with E-state index in [1.165, 1.54) is 0 Å². The van der Waals surface area contributed by atoms with Gasteiger partial charge in [0.05, 0.1) is 5.69 Å². The third kappa shape index (κ3) is 3.84. The average Bonchev–Trinajstić information content (AvgIpc) is 2.22. The average molecular weight is 291 g/mol. The topological polar surface area (TPSA) is 29.1 Å². The van der Waals surface area contributed by atoms with Crippen molar-refractivity contribution in [3.8, 4) is 0 Å². The number of hydrogen-bond donors (Lipinski definition) is 1. The summed E-state index contributed by atoms with van der Waals surface area (Å²) in [5.41, 5.74) is 1.92. The Labute approximate surface area is 103 Å². The van der Waals surface area contributed by atoms with Gasteiger partial charge in [-0.2, -0.15) is 0 Å². The van der Waals surface area contributed by atoms with Crippen LogP contribution in [0.4, 0.5) is 5.69 Å². The number of nitrogens with one attached hydrogen (secondary N) is 1. The van der Waals surface area contributed by atoms with Crippen molar-refractivity contribution in [2.75, 3.05) is 11.2 Å². The Morgan fingerprint density at radius 3 is 2.93 bits per heavy atom. The zero-order valence-corrected chi connectivity index (χ0v) is 10.9. The maximum atomic E-state index is 11.4. The van der Waals surface area contributed by atoms with E-state index in [4.69, 9.17) is 11.6 Å². The number of benzene rings is 1. The highest BCUT2D eigenvalue weighted by Gasteiger charge is 2.06. The zero-order chi connectivity index (χ0) is 11.3. The van der Waals surface area contributed by atoms with Crippen LogP contribution in [0.5, 0.6) is 0 Å². The Morgan fingerprint density at radius 2 is 2.27 bits per heavy atom. The van der Waals surface area contributed by atoms with Crippen molar-refractivity contribution < 1.29 is 4.79 Å². The third-order valence-corrected chi connectivity index (χ3v) is 3.32. The fourth-order valence-corrected chi connectivity index (χ4v) is 1.68. The molecule has 0 unspecified atom stereocenters. The van der Waals surface area contributed by atoms with Crippen molar-refractivity contribution in [2.24, 2.45) is 0 Å². The molecule has 1 aromatic rings. The van der Waals surface area contributed by atoms with Crippen molar-refractivity contribution in [3.05, 3.63) is 28.2 Å². The van der Waals surface area contributed by atoms with Gasteiger partial charge in [0.1, 0.15) is 0 Å². The Morgan fingerprint density at radius 1 is 1.53 bits per heavy atom. The lowest BCUT2D eigenvalue weighted by Gasteiger charge is -2.08. The third-order valence-electron chi connectivity index (χ3n) is 2.00. The van der Waals surface area contributed by atoms with Gasteiger partial charge in [0.2, 0.25) is 5.91 Å². The summed E-state index contributed by atoms with van der Waals surface area (Å²) in [4.78, 5) is 11.4. The second-order valence-corrected chi connectivity index (χ2v) is 4.45. The van der Waals surface area contributed by atoms with Gasteiger partial charge in [-0.05, 0) is 40.9 Å². The van der Waals surface area contributed by atoms with Crippen molar-refractivity contribution >= 4 is 39.1 Å². The lowest BCUT2D eigenvalue weighted by atomic mass is 10.2. The van der Waals surface area contributed by atoms with Gasteiger partial charge in [0.25, 0.3) is 0 Å². The van der Waals surface area contributed by atoms with Crippen LogP contribution in [-0.4, -0.2) is 11.8 Å². The molecule has 0 saturated heterocycles. The molecule has 0 fully saturated rings. The molecule has 0 aliphatic carbocycles. The predicted molar refractivity (Wildman–Crippen MR) is 67.5 cm³/mol. The van der Waals surface area contributed by atoms with Gasteiger partial charge in [0, 0.05) is 16.8 Å². The SMILES string of the molecule is Cc1cccc(NC(=O)CCCCl)c1Br. The van der Waals surface area contributed by atoms with Crippen LogP contribution in [0, 0.1) is 6.92 Å². The van der Waals surface area contributed by atoms with E-state index < -0.39 is 0 Å². The van der Waals surface area contributed by atoms with Crippen LogP contribution in [0.15, 0.2) is 22.7 Å². The Balaban J connectivity index is 2.64. The van der Waals surface area contributed by atoms with E-state index in [9.17, 15) is 4.79 Å². The van der Waals surface area contributed by atoms with E-state index in [1.54, 1.807) is 0 Å². The first-order valence-corrected chi connectivity index (χ1v) is 6.09. The summed E-state index contributed by atoms with van der Waals surface area (Å²) >= 11 is 8.95. The molecule has 1 aromatic carbocycles. The van der Waals surface area contributed by atoms with Gasteiger partial charge in [0.15, 0.2) is 0 Å². The number of carbonyl (C=O) groups is 1. The number of aryl methyl sites for hydroxylation is 1. The minimum absolute atomic E-state index is 0.00181. The molecule has 0 aliphatic rings. The standard InChI is InChI=1S/C11H13BrClNO/c1-8-4-2-5-9(11(8)12)14-10(15)6-3-7-13/h2,4-5H,3,6-7H2,1H3,(H,14,15). The molecule has 0 aliphatic heterocycles. The van der Waals surface area contributed by atoms with Gasteiger partial charge >= 0.3 is 0 Å². The summed E-state index contributed by atoms with van der Waals surface area (Å²) in [6, 6.07) is 5.77. The molecular formula is C11H13BrClNO. The van der Waals surface area contributed by atoms with Crippen molar-refractivity contribution in [2.45, 2.75) is 19.8 Å². The van der Waals surface area contributed by atoms with Crippen LogP contribution < -0.4 is 5.32 Å². The molecule has 0 radical (unpaired) electrons. The van der Waals surface area contributed by atoms with Crippen LogP contribution in [-0.2, 0) is 4.79 Å². The van der Waals surface area contributed by atoms with E-state index in [1.807, 2.05) is 25.1 Å². The normalized spacial score (nSPS) is 10.1. The largest absolute Gasteiger partial charge is 0.325 e. The highest BCUT2D eigenvalue weighted by Crippen LogP contribution is 2.25. The first-order chi connectivity index (χ1) is 7.15. The second kappa shape index (κ2) is 6.13. The van der Waals surface area contributed by atoms with Crippen molar-refractivity contribution in [3.63, 3.8) is 0 Å². The fraction of sp³-hybridized carbons (Fsp3) is 0.364. The monoisotopic (exact) mass is 289 g/mol. The molecule has 1 amide bonds. The summed E-state index contributed by atoms with van der Waals surface area (Å²) in [7, 11) is 0. The van der Waals surface area contributed by atoms with E-state index in [2.05, 4.69) is 21.2 Å². The molecule has 0 aromatic heterocycles. The number of rotatable bonds is 4. The summed E-state index contributed by atoms with van der Waals surface area (Å²) in [6.07, 6.45) is 1.17. The van der Waals surface area contributed by atoms with E-state index in [0.29, 0.717) is 18.7 Å². The molecule has 82 valence electrons. The molecular weight excluding hydrogens is 277 g/mol. The molecule has 0 saturated carbocycles. The van der Waals surface area contributed by atoms with Crippen molar-refractivity contribution in [1.29, 1.82) is 0 Å². The second-order valence-electron chi connectivity index (χ2n) is 3.28. The van der Waals surface area contributed by atoms with Gasteiger partial charge in [-0.15, -0.1) is 11.6 Å². The Kier molecular flexibility index (Phi) is 5.12. The highest BCUT2D eigenvalue weighted by molar-refractivity contribution is 9.10. The summed E-state index contributed by atoms with van der Waals surface area (Å²) in [6.45, 7) is 1.98. The quantitative estimate of drug-likeness (QED) is 0.841. The van der Waals surface area contributed by atoms with Crippen LogP contribution in [0.1, 0.15) is 18.4 Å². The van der Waals surface area contributed by atoms with Gasteiger partial charge < -0.3 is 5.32 Å². The molecule has 0 atom stereocenters. The van der Waals surface area contributed by atoms with Crippen LogP contribution >= 0.6 is 27.5 Å². The van der Waals surface area contributed by atoms with Crippen LogP contribution in [0.2, 0.25) is 0 Å². The minimum atomic E-state index is 0.00181. The van der Waals surface area contributed by atoms with Crippen LogP contribution in [0.3, 0.4) is 0 Å². The summed E-state index contributed by atoms with van der Waals surface area (Å²) in [5, 5.41) is 2.84. The molecule has 0 spiro atoms. The van der Waals surface area contributed by atoms with Gasteiger partial charge in [-0.3, -0.25) is 4.79 Å². The minimum Gasteiger partial charge on any atom is -0.325 e. The first kappa shape index (κ1) is 12.5. The zero-order valence-electron chi connectivity index (χ0n) is 8.52. The molecule has 4 heteroatoms. The highest BCUT2D eigenvalue weighted by atomic mass is 79.9. The number of hydrogen-bond acceptors (Lipinski definition) is 1. The molecule has 2 nitrogen and oxygen atoms in total. The van der Waals surface area contributed by atoms with Crippen LogP contribution in [0.25, 0.3) is 0 Å². The number of anilines is 1. The maximum Gasteiger partial charge on any atom is 0.224 e. The first-order valence-electron chi connectivity index (χ1n) is 4.76. The lowest BCUT2D eigenvalue weighted by Crippen LogP contribution is -2.11. The smallest absolute Gasteiger partial charge is 0.224 e. The molecule has 0 bridgehead atoms. The van der Waals surface area contributed by atoms with E-state index in [0.717, 1.165) is 15.7 Å². The number of carbonyl (C=O) groups excluding carboxylic acids is 1. The van der Waals surface area contributed by atoms with E-state index >= 15 is 0 Å². The Hall–Kier alpha value is -0.540. The Bertz CT molecular complexity index is 354. The number of amides is 1. The van der Waals surface area contributed by atoms with Gasteiger partial charge in [-0.1, -0.05) is 12.1 Å². The molecule has 1 N–H and O–H groups in total. The number of halogens is 2.